The van der Waals surface area contributed by atoms with E-state index in [-0.39, 0.29) is 5.54 Å². The van der Waals surface area contributed by atoms with Crippen LogP contribution in [0.3, 0.4) is 0 Å². The van der Waals surface area contributed by atoms with Gasteiger partial charge in [0.1, 0.15) is 0 Å². The molecule has 1 saturated heterocycles. The van der Waals surface area contributed by atoms with Crippen LogP contribution in [0.25, 0.3) is 10.9 Å². The van der Waals surface area contributed by atoms with Gasteiger partial charge in [-0.05, 0) is 61.6 Å². The number of aliphatic imine (C=N–C) groups is 1. The number of benzene rings is 1. The molecule has 2 aliphatic carbocycles. The first kappa shape index (κ1) is 16.1. The second-order valence-corrected chi connectivity index (χ2v) is 9.15. The van der Waals surface area contributed by atoms with Crippen molar-refractivity contribution >= 4 is 17.1 Å². The number of dihydropyridines is 1. The summed E-state index contributed by atoms with van der Waals surface area (Å²) in [6.45, 7) is 2.07. The molecule has 2 aromatic rings. The molecule has 1 aromatic carbocycles. The molecule has 6 rings (SSSR count). The third-order valence-electron chi connectivity index (χ3n) is 7.78. The summed E-state index contributed by atoms with van der Waals surface area (Å²) in [6.07, 6.45) is 13.7. The van der Waals surface area contributed by atoms with Gasteiger partial charge in [-0.25, -0.2) is 0 Å². The fraction of sp³-hybridized carbons (Fsp3) is 0.522. The summed E-state index contributed by atoms with van der Waals surface area (Å²) in [4.78, 5) is 10.7. The van der Waals surface area contributed by atoms with Gasteiger partial charge < -0.3 is 10.7 Å². The zero-order valence-electron chi connectivity index (χ0n) is 15.8. The Morgan fingerprint density at radius 3 is 3.04 bits per heavy atom. The van der Waals surface area contributed by atoms with Crippen LogP contribution in [0, 0.1) is 5.92 Å². The van der Waals surface area contributed by atoms with E-state index in [2.05, 4.69) is 57.6 Å². The molecule has 1 spiro atoms. The lowest BCUT2D eigenvalue weighted by Crippen LogP contribution is -2.47. The van der Waals surface area contributed by atoms with Gasteiger partial charge in [-0.15, -0.1) is 0 Å². The predicted molar refractivity (Wildman–Crippen MR) is 110 cm³/mol. The van der Waals surface area contributed by atoms with Gasteiger partial charge in [0.15, 0.2) is 0 Å². The maximum Gasteiger partial charge on any atom is 0.0472 e. The number of likely N-dealkylation sites (tertiary alicyclic amines) is 1. The molecular formula is C23H28N4. The molecule has 1 aromatic heterocycles. The zero-order valence-corrected chi connectivity index (χ0v) is 15.8. The maximum atomic E-state index is 7.07. The maximum absolute atomic E-state index is 7.07. The molecule has 4 heteroatoms. The second-order valence-electron chi connectivity index (χ2n) is 9.15. The molecule has 2 aliphatic heterocycles. The van der Waals surface area contributed by atoms with E-state index in [1.54, 1.807) is 0 Å². The highest BCUT2D eigenvalue weighted by Crippen LogP contribution is 2.70. The number of piperidine rings is 1. The van der Waals surface area contributed by atoms with E-state index in [1.807, 2.05) is 0 Å². The molecule has 5 unspecified atom stereocenters. The number of fused-ring (bicyclic) bond motifs is 1. The Hall–Kier alpha value is -1.91. The van der Waals surface area contributed by atoms with Crippen molar-refractivity contribution in [3.05, 3.63) is 47.7 Å². The first-order chi connectivity index (χ1) is 13.2. The zero-order chi connectivity index (χ0) is 18.1. The minimum absolute atomic E-state index is 0.0590. The largest absolute Gasteiger partial charge is 0.361 e. The number of para-hydroxylation sites is 1. The Kier molecular flexibility index (Phi) is 3.31. The van der Waals surface area contributed by atoms with E-state index in [0.29, 0.717) is 11.6 Å². The molecular weight excluding hydrogens is 332 g/mol. The van der Waals surface area contributed by atoms with Gasteiger partial charge in [0, 0.05) is 53.5 Å². The molecule has 4 nitrogen and oxygen atoms in total. The van der Waals surface area contributed by atoms with Crippen molar-refractivity contribution in [3.8, 4) is 0 Å². The molecule has 0 bridgehead atoms. The molecule has 0 amide bonds. The summed E-state index contributed by atoms with van der Waals surface area (Å²) < 4.78 is 0. The fourth-order valence-electron chi connectivity index (χ4n) is 6.59. The quantitative estimate of drug-likeness (QED) is 0.803. The predicted octanol–water partition coefficient (Wildman–Crippen LogP) is 3.44. The van der Waals surface area contributed by atoms with Crippen LogP contribution in [0.5, 0.6) is 0 Å². The summed E-state index contributed by atoms with van der Waals surface area (Å²) in [6, 6.07) is 9.20. The second kappa shape index (κ2) is 5.55. The Labute approximate surface area is 160 Å². The Morgan fingerprint density at radius 2 is 2.22 bits per heavy atom. The monoisotopic (exact) mass is 360 g/mol. The average molecular weight is 361 g/mol. The number of H-pyrrole nitrogens is 1. The molecule has 3 heterocycles. The van der Waals surface area contributed by atoms with Crippen molar-refractivity contribution in [2.45, 2.75) is 55.6 Å². The summed E-state index contributed by atoms with van der Waals surface area (Å²) >= 11 is 0. The standard InChI is InChI=1S/C23H28N4/c24-22(12-16-4-3-10-25-14-16)13-18-7-9-23(18)21(22)27(23)11-8-17-15-26-20-6-2-1-5-19(17)20/h1-2,4-6,14-15,18,21,26H,3,7-13,24H2. The van der Waals surface area contributed by atoms with Crippen LogP contribution in [0.1, 0.15) is 37.7 Å². The number of hydrogen-bond acceptors (Lipinski definition) is 3. The molecule has 140 valence electrons. The first-order valence-electron chi connectivity index (χ1n) is 10.5. The van der Waals surface area contributed by atoms with Crippen molar-refractivity contribution < 1.29 is 0 Å². The Morgan fingerprint density at radius 1 is 1.30 bits per heavy atom. The highest BCUT2D eigenvalue weighted by Gasteiger charge is 2.80. The molecule has 3 N–H and O–H groups in total. The SMILES string of the molecule is NC1(CC2=CCCN=C2)CC2CCC23C1N3CCc1c[nH]c2ccccc12. The van der Waals surface area contributed by atoms with Gasteiger partial charge in [0.25, 0.3) is 0 Å². The van der Waals surface area contributed by atoms with E-state index >= 15 is 0 Å². The normalized spacial score (nSPS) is 39.0. The van der Waals surface area contributed by atoms with Gasteiger partial charge in [-0.1, -0.05) is 24.3 Å². The average Bonchev–Trinajstić information content (AvgIpc) is 3.18. The van der Waals surface area contributed by atoms with Gasteiger partial charge in [-0.2, -0.15) is 0 Å². The van der Waals surface area contributed by atoms with Crippen LogP contribution >= 0.6 is 0 Å². The summed E-state index contributed by atoms with van der Waals surface area (Å²) in [7, 11) is 0. The number of rotatable bonds is 5. The van der Waals surface area contributed by atoms with Crippen molar-refractivity contribution in [1.29, 1.82) is 0 Å². The van der Waals surface area contributed by atoms with Crippen molar-refractivity contribution in [2.24, 2.45) is 16.6 Å². The lowest BCUT2D eigenvalue weighted by Gasteiger charge is -2.38. The van der Waals surface area contributed by atoms with Crippen LogP contribution in [0.15, 0.2) is 47.1 Å². The summed E-state index contributed by atoms with van der Waals surface area (Å²) in [5.74, 6) is 0.816. The Balaban J connectivity index is 1.21. The van der Waals surface area contributed by atoms with E-state index in [9.17, 15) is 0 Å². The number of aromatic nitrogens is 1. The van der Waals surface area contributed by atoms with E-state index in [0.717, 1.165) is 38.3 Å². The number of hydrogen-bond donors (Lipinski definition) is 2. The fourth-order valence-corrected chi connectivity index (χ4v) is 6.59. The highest BCUT2D eigenvalue weighted by molar-refractivity contribution is 5.83. The molecule has 4 aliphatic rings. The van der Waals surface area contributed by atoms with E-state index in [4.69, 9.17) is 5.73 Å². The van der Waals surface area contributed by atoms with E-state index < -0.39 is 0 Å². The minimum atomic E-state index is -0.0590. The number of aromatic amines is 1. The topological polar surface area (TPSA) is 57.2 Å². The number of nitrogens with zero attached hydrogens (tertiary/aromatic N) is 2. The van der Waals surface area contributed by atoms with Crippen molar-refractivity contribution in [2.75, 3.05) is 13.1 Å². The van der Waals surface area contributed by atoms with Gasteiger partial charge >= 0.3 is 0 Å². The minimum Gasteiger partial charge on any atom is -0.361 e. The summed E-state index contributed by atoms with van der Waals surface area (Å²) in [5, 5.41) is 1.37. The molecule has 2 saturated carbocycles. The molecule has 5 atom stereocenters. The highest BCUT2D eigenvalue weighted by atomic mass is 15.5. The van der Waals surface area contributed by atoms with Crippen LogP contribution in [0.4, 0.5) is 0 Å². The van der Waals surface area contributed by atoms with Gasteiger partial charge in [0.2, 0.25) is 0 Å². The van der Waals surface area contributed by atoms with Crippen LogP contribution in [-0.2, 0) is 6.42 Å². The molecule has 27 heavy (non-hydrogen) atoms. The van der Waals surface area contributed by atoms with Crippen molar-refractivity contribution in [3.63, 3.8) is 0 Å². The lowest BCUT2D eigenvalue weighted by molar-refractivity contribution is 0.140. The lowest BCUT2D eigenvalue weighted by atomic mass is 9.74. The number of nitrogens with two attached hydrogens (primary N) is 1. The third kappa shape index (κ3) is 2.20. The Bertz CT molecular complexity index is 956. The first-order valence-corrected chi connectivity index (χ1v) is 10.5. The van der Waals surface area contributed by atoms with Crippen molar-refractivity contribution in [1.82, 2.24) is 9.88 Å². The third-order valence-corrected chi connectivity index (χ3v) is 7.78. The van der Waals surface area contributed by atoms with Gasteiger partial charge in [-0.3, -0.25) is 9.89 Å². The van der Waals surface area contributed by atoms with Crippen LogP contribution < -0.4 is 5.73 Å². The van der Waals surface area contributed by atoms with Crippen LogP contribution in [-0.4, -0.2) is 46.3 Å². The number of nitrogens with one attached hydrogen (secondary N) is 1. The smallest absolute Gasteiger partial charge is 0.0472 e. The molecule has 3 fully saturated rings. The van der Waals surface area contributed by atoms with Gasteiger partial charge in [0.05, 0.1) is 0 Å². The van der Waals surface area contributed by atoms with Crippen LogP contribution in [0.2, 0.25) is 0 Å². The summed E-state index contributed by atoms with van der Waals surface area (Å²) in [5.41, 5.74) is 11.5. The molecule has 0 radical (unpaired) electrons. The van der Waals surface area contributed by atoms with E-state index in [1.165, 1.54) is 41.3 Å².